The van der Waals surface area contributed by atoms with E-state index in [2.05, 4.69) is 98.9 Å². The number of allylic oxidation sites excluding steroid dienone is 14. The fourth-order valence-corrected chi connectivity index (χ4v) is 12.7. The molecule has 0 spiro atoms. The monoisotopic (exact) mass is 1320 g/mol. The van der Waals surface area contributed by atoms with Gasteiger partial charge in [0.25, 0.3) is 0 Å². The first-order chi connectivity index (χ1) is 45.8. The van der Waals surface area contributed by atoms with Crippen molar-refractivity contribution in [3.05, 3.63) is 85.1 Å². The first-order valence-corrected chi connectivity index (χ1v) is 41.6. The van der Waals surface area contributed by atoms with Crippen molar-refractivity contribution in [3.8, 4) is 0 Å². The maximum absolute atomic E-state index is 12.8. The van der Waals surface area contributed by atoms with Gasteiger partial charge in [-0.1, -0.05) is 401 Å². The molecule has 0 amide bonds. The van der Waals surface area contributed by atoms with E-state index in [0.29, 0.717) is 6.42 Å². The lowest BCUT2D eigenvalue weighted by Crippen LogP contribution is -2.29. The Kier molecular flexibility index (Phi) is 75.8. The van der Waals surface area contributed by atoms with E-state index in [4.69, 9.17) is 24.3 Å². The summed E-state index contributed by atoms with van der Waals surface area (Å²) >= 11 is 0. The Morgan fingerprint density at radius 3 is 0.882 bits per heavy atom. The van der Waals surface area contributed by atoms with Crippen LogP contribution in [0.15, 0.2) is 85.1 Å². The highest BCUT2D eigenvalue weighted by atomic mass is 31.2. The molecule has 0 saturated heterocycles. The van der Waals surface area contributed by atoms with Gasteiger partial charge in [-0.15, -0.1) is 0 Å². The van der Waals surface area contributed by atoms with Crippen LogP contribution in [-0.4, -0.2) is 49.3 Å². The Labute approximate surface area is 576 Å². The van der Waals surface area contributed by atoms with Gasteiger partial charge in [-0.3, -0.25) is 18.6 Å². The van der Waals surface area contributed by atoms with Gasteiger partial charge in [0.2, 0.25) is 0 Å². The Hall–Kier alpha value is -2.81. The van der Waals surface area contributed by atoms with Crippen LogP contribution >= 0.6 is 7.82 Å². The molecule has 0 bridgehead atoms. The van der Waals surface area contributed by atoms with E-state index < -0.39 is 26.5 Å². The zero-order valence-electron chi connectivity index (χ0n) is 61.2. The number of carbonyl (C=O) groups excluding carboxylic acids is 2. The predicted octanol–water partition coefficient (Wildman–Crippen LogP) is 26.9. The molecule has 0 aliphatic carbocycles. The topological polar surface area (TPSA) is 134 Å². The Bertz CT molecular complexity index is 1810. The summed E-state index contributed by atoms with van der Waals surface area (Å²) in [6, 6.07) is 0. The van der Waals surface area contributed by atoms with Crippen LogP contribution in [0.4, 0.5) is 0 Å². The van der Waals surface area contributed by atoms with Crippen LogP contribution in [0.25, 0.3) is 0 Å². The molecule has 0 aliphatic heterocycles. The lowest BCUT2D eigenvalue weighted by atomic mass is 10.0. The molecule has 2 unspecified atom stereocenters. The van der Waals surface area contributed by atoms with E-state index in [1.165, 1.54) is 276 Å². The lowest BCUT2D eigenvalue weighted by Gasteiger charge is -2.19. The van der Waals surface area contributed by atoms with E-state index in [1.807, 2.05) is 0 Å². The van der Waals surface area contributed by atoms with Gasteiger partial charge in [-0.05, 0) is 70.6 Å². The highest BCUT2D eigenvalue weighted by Gasteiger charge is 2.26. The molecule has 0 fully saturated rings. The van der Waals surface area contributed by atoms with Crippen LogP contribution in [0.2, 0.25) is 0 Å². The highest BCUT2D eigenvalue weighted by molar-refractivity contribution is 7.47. The molecule has 0 radical (unpaired) electrons. The predicted molar refractivity (Wildman–Crippen MR) is 404 cm³/mol. The molecule has 0 aromatic rings. The smallest absolute Gasteiger partial charge is 0.462 e. The summed E-state index contributed by atoms with van der Waals surface area (Å²) in [6.45, 7) is 3.68. The SMILES string of the molecule is CC/C=C\C/C=C\C/C=C\C/C=C\C/C=C\C/C=C\C/C=C\CCCCCCCCCCCC(=O)OC(COC(=O)CCCCCCCCCCCCCCCCCCCCCCCCCCCCCCCCCCCCCCCCCCC)COP(=O)(O)OCCN. The number of hydrogen-bond acceptors (Lipinski definition) is 8. The van der Waals surface area contributed by atoms with E-state index >= 15 is 0 Å². The number of carbonyl (C=O) groups is 2. The maximum Gasteiger partial charge on any atom is 0.472 e. The number of esters is 2. The van der Waals surface area contributed by atoms with Gasteiger partial charge >= 0.3 is 19.8 Å². The van der Waals surface area contributed by atoms with Crippen LogP contribution in [-0.2, 0) is 32.7 Å². The third-order valence-electron chi connectivity index (χ3n) is 17.8. The Balaban J connectivity index is 3.78. The zero-order chi connectivity index (χ0) is 67.2. The van der Waals surface area contributed by atoms with Gasteiger partial charge < -0.3 is 20.1 Å². The van der Waals surface area contributed by atoms with Gasteiger partial charge in [0, 0.05) is 19.4 Å². The fourth-order valence-electron chi connectivity index (χ4n) is 11.9. The average Bonchev–Trinajstić information content (AvgIpc) is 3.70. The van der Waals surface area contributed by atoms with Crippen LogP contribution in [0.5, 0.6) is 0 Å². The first-order valence-electron chi connectivity index (χ1n) is 40.1. The number of phosphoric acid groups is 1. The molecule has 93 heavy (non-hydrogen) atoms. The molecular formula is C83H152NO8P. The van der Waals surface area contributed by atoms with Crippen molar-refractivity contribution in [2.24, 2.45) is 5.73 Å². The minimum absolute atomic E-state index is 0.0505. The van der Waals surface area contributed by atoms with Gasteiger partial charge in [-0.25, -0.2) is 4.57 Å². The molecule has 0 rings (SSSR count). The van der Waals surface area contributed by atoms with E-state index in [9.17, 15) is 19.0 Å². The highest BCUT2D eigenvalue weighted by Crippen LogP contribution is 2.43. The molecule has 10 heteroatoms. The average molecular weight is 1320 g/mol. The fraction of sp³-hybridized carbons (Fsp3) is 0.807. The summed E-state index contributed by atoms with van der Waals surface area (Å²) in [6.07, 6.45) is 106. The summed E-state index contributed by atoms with van der Waals surface area (Å²) in [7, 11) is -4.40. The second-order valence-electron chi connectivity index (χ2n) is 26.9. The summed E-state index contributed by atoms with van der Waals surface area (Å²) in [5, 5.41) is 0. The maximum atomic E-state index is 12.8. The summed E-state index contributed by atoms with van der Waals surface area (Å²) in [5.41, 5.74) is 5.41. The molecule has 0 aliphatic rings. The summed E-state index contributed by atoms with van der Waals surface area (Å²) < 4.78 is 33.3. The number of rotatable bonds is 76. The molecule has 542 valence electrons. The largest absolute Gasteiger partial charge is 0.472 e. The molecule has 0 saturated carbocycles. The number of nitrogens with two attached hydrogens (primary N) is 1. The van der Waals surface area contributed by atoms with Crippen molar-refractivity contribution >= 4 is 19.8 Å². The summed E-state index contributed by atoms with van der Waals surface area (Å²) in [4.78, 5) is 35.4. The Morgan fingerprint density at radius 2 is 0.591 bits per heavy atom. The molecular weight excluding hydrogens is 1170 g/mol. The van der Waals surface area contributed by atoms with E-state index in [1.54, 1.807) is 0 Å². The van der Waals surface area contributed by atoms with Crippen molar-refractivity contribution in [2.75, 3.05) is 26.4 Å². The van der Waals surface area contributed by atoms with Crippen molar-refractivity contribution in [1.29, 1.82) is 0 Å². The quantitative estimate of drug-likeness (QED) is 0.0264. The minimum atomic E-state index is -4.40. The van der Waals surface area contributed by atoms with Crippen molar-refractivity contribution < 1.29 is 37.6 Å². The van der Waals surface area contributed by atoms with Crippen molar-refractivity contribution in [3.63, 3.8) is 0 Å². The van der Waals surface area contributed by atoms with Crippen LogP contribution in [0.3, 0.4) is 0 Å². The van der Waals surface area contributed by atoms with Gasteiger partial charge in [-0.2, -0.15) is 0 Å². The third kappa shape index (κ3) is 78.1. The second kappa shape index (κ2) is 78.2. The number of hydrogen-bond donors (Lipinski definition) is 2. The van der Waals surface area contributed by atoms with Crippen molar-refractivity contribution in [1.82, 2.24) is 0 Å². The van der Waals surface area contributed by atoms with Crippen LogP contribution in [0, 0.1) is 0 Å². The molecule has 0 heterocycles. The molecule has 2 atom stereocenters. The summed E-state index contributed by atoms with van der Waals surface area (Å²) in [5.74, 6) is -0.821. The van der Waals surface area contributed by atoms with Gasteiger partial charge in [0.15, 0.2) is 6.10 Å². The van der Waals surface area contributed by atoms with E-state index in [0.717, 1.165) is 89.9 Å². The van der Waals surface area contributed by atoms with Crippen molar-refractivity contribution in [2.45, 2.75) is 405 Å². The second-order valence-corrected chi connectivity index (χ2v) is 28.4. The molecule has 0 aromatic heterocycles. The number of unbranched alkanes of at least 4 members (excludes halogenated alkanes) is 49. The third-order valence-corrected chi connectivity index (χ3v) is 18.8. The van der Waals surface area contributed by atoms with Gasteiger partial charge in [0.1, 0.15) is 6.61 Å². The first kappa shape index (κ1) is 90.2. The lowest BCUT2D eigenvalue weighted by molar-refractivity contribution is -0.161. The standard InChI is InChI=1S/C83H152NO8P/c1-3-5-7-9-11-13-15-17-19-21-23-25-27-29-31-33-35-36-37-38-39-40-41-42-43-44-46-47-49-51-53-55-57-59-61-63-65-67-69-71-73-75-82(85)89-79-81(80-91-93(87,88)90-78-77-84)92-83(86)76-74-72-70-68-66-64-62-60-58-56-54-52-50-48-45-34-32-30-28-26-24-22-20-18-16-14-12-10-8-6-4-2/h6,8,12,14,18,20,24,26,30,32,45,48,52,54,81H,3-5,7,9-11,13,15-17,19,21-23,25,27-29,31,33-44,46-47,49-51,53,55-80,84H2,1-2H3,(H,87,88)/b8-6-,14-12-,20-18-,26-24-,32-30-,48-45-,54-52-. The number of phosphoric ester groups is 1. The number of ether oxygens (including phenoxy) is 2. The normalized spacial score (nSPS) is 13.3. The molecule has 3 N–H and O–H groups in total. The van der Waals surface area contributed by atoms with Crippen LogP contribution in [0.1, 0.15) is 399 Å². The van der Waals surface area contributed by atoms with Crippen LogP contribution < -0.4 is 5.73 Å². The minimum Gasteiger partial charge on any atom is -0.462 e. The Morgan fingerprint density at radius 1 is 0.333 bits per heavy atom. The molecule has 0 aromatic carbocycles. The van der Waals surface area contributed by atoms with E-state index in [-0.39, 0.29) is 38.6 Å². The zero-order valence-corrected chi connectivity index (χ0v) is 62.1. The van der Waals surface area contributed by atoms with Gasteiger partial charge in [0.05, 0.1) is 13.2 Å². The molecule has 9 nitrogen and oxygen atoms in total.